The molecule has 0 saturated heterocycles. The maximum Gasteiger partial charge on any atom is 0.243 e. The molecule has 24 heavy (non-hydrogen) atoms. The molecule has 0 heterocycles. The highest BCUT2D eigenvalue weighted by Gasteiger charge is 2.15. The van der Waals surface area contributed by atoms with Crippen LogP contribution >= 0.6 is 11.6 Å². The molecule has 2 aromatic carbocycles. The molecule has 126 valence electrons. The van der Waals surface area contributed by atoms with Crippen LogP contribution in [0, 0.1) is 0 Å². The van der Waals surface area contributed by atoms with E-state index in [1.165, 1.54) is 4.90 Å². The predicted molar refractivity (Wildman–Crippen MR) is 97.2 cm³/mol. The van der Waals surface area contributed by atoms with Crippen LogP contribution in [0.5, 0.6) is 0 Å². The maximum atomic E-state index is 12.3. The van der Waals surface area contributed by atoms with Gasteiger partial charge in [-0.1, -0.05) is 54.9 Å². The van der Waals surface area contributed by atoms with Crippen molar-refractivity contribution in [3.05, 3.63) is 64.7 Å². The first-order valence-electron chi connectivity index (χ1n) is 7.86. The Morgan fingerprint density at radius 2 is 1.67 bits per heavy atom. The smallest absolute Gasteiger partial charge is 0.243 e. The molecule has 0 bridgehead atoms. The average Bonchev–Trinajstić information content (AvgIpc) is 2.57. The number of aryl methyl sites for hydroxylation is 1. The zero-order chi connectivity index (χ0) is 17.5. The molecule has 0 fully saturated rings. The molecule has 0 radical (unpaired) electrons. The lowest BCUT2D eigenvalue weighted by Gasteiger charge is -2.18. The van der Waals surface area contributed by atoms with Crippen LogP contribution < -0.4 is 5.32 Å². The second-order valence-corrected chi connectivity index (χ2v) is 5.98. The van der Waals surface area contributed by atoms with Gasteiger partial charge in [0.25, 0.3) is 0 Å². The zero-order valence-corrected chi connectivity index (χ0v) is 14.6. The Balaban J connectivity index is 1.93. The molecule has 0 aromatic heterocycles. The van der Waals surface area contributed by atoms with E-state index < -0.39 is 0 Å². The van der Waals surface area contributed by atoms with Crippen molar-refractivity contribution in [1.82, 2.24) is 4.90 Å². The summed E-state index contributed by atoms with van der Waals surface area (Å²) in [5.41, 5.74) is 2.61. The quantitative estimate of drug-likeness (QED) is 0.871. The fourth-order valence-corrected chi connectivity index (χ4v) is 2.59. The molecule has 0 aliphatic rings. The molecule has 0 unspecified atom stereocenters. The van der Waals surface area contributed by atoms with Crippen LogP contribution in [0.1, 0.15) is 18.1 Å². The van der Waals surface area contributed by atoms with E-state index in [1.54, 1.807) is 13.1 Å². The van der Waals surface area contributed by atoms with E-state index in [1.807, 2.05) is 49.4 Å². The summed E-state index contributed by atoms with van der Waals surface area (Å²) in [6.45, 7) is 2.03. The monoisotopic (exact) mass is 344 g/mol. The molecular formula is C19H21ClN2O2. The molecular weight excluding hydrogens is 324 g/mol. The second-order valence-electron chi connectivity index (χ2n) is 5.58. The van der Waals surface area contributed by atoms with Gasteiger partial charge in [0.15, 0.2) is 0 Å². The van der Waals surface area contributed by atoms with E-state index in [9.17, 15) is 9.59 Å². The molecule has 5 heteroatoms. The molecule has 4 nitrogen and oxygen atoms in total. The van der Waals surface area contributed by atoms with Crippen molar-refractivity contribution in [3.8, 4) is 0 Å². The third kappa shape index (κ3) is 4.83. The van der Waals surface area contributed by atoms with Crippen molar-refractivity contribution >= 4 is 29.1 Å². The van der Waals surface area contributed by atoms with Gasteiger partial charge in [0.1, 0.15) is 0 Å². The Bertz CT molecular complexity index is 731. The van der Waals surface area contributed by atoms with Crippen LogP contribution in [0.3, 0.4) is 0 Å². The second kappa shape index (κ2) is 8.50. The Morgan fingerprint density at radius 3 is 2.33 bits per heavy atom. The Hall–Kier alpha value is -2.33. The molecule has 0 saturated carbocycles. The van der Waals surface area contributed by atoms with E-state index in [0.29, 0.717) is 5.02 Å². The van der Waals surface area contributed by atoms with E-state index >= 15 is 0 Å². The van der Waals surface area contributed by atoms with Crippen LogP contribution in [-0.4, -0.2) is 30.3 Å². The molecule has 2 rings (SSSR count). The highest BCUT2D eigenvalue weighted by atomic mass is 35.5. The highest BCUT2D eigenvalue weighted by Crippen LogP contribution is 2.17. The first-order chi connectivity index (χ1) is 11.5. The minimum atomic E-state index is -0.217. The lowest BCUT2D eigenvalue weighted by atomic mass is 10.1. The lowest BCUT2D eigenvalue weighted by molar-refractivity contribution is -0.132. The predicted octanol–water partition coefficient (Wildman–Crippen LogP) is 3.54. The standard InChI is InChI=1S/C19H21ClN2O2/c1-3-14-8-5-7-11-17(14)21-18(23)13-22(2)19(24)12-15-9-4-6-10-16(15)20/h4-11H,3,12-13H2,1-2H3,(H,21,23). The fraction of sp³-hybridized carbons (Fsp3) is 0.263. The van der Waals surface area contributed by atoms with Gasteiger partial charge in [-0.15, -0.1) is 0 Å². The number of para-hydroxylation sites is 1. The summed E-state index contributed by atoms with van der Waals surface area (Å²) < 4.78 is 0. The molecule has 0 spiro atoms. The first kappa shape index (κ1) is 18.0. The number of hydrogen-bond donors (Lipinski definition) is 1. The Labute approximate surface area is 147 Å². The summed E-state index contributed by atoms with van der Waals surface area (Å²) in [4.78, 5) is 25.9. The number of halogens is 1. The number of nitrogens with zero attached hydrogens (tertiary/aromatic N) is 1. The SMILES string of the molecule is CCc1ccccc1NC(=O)CN(C)C(=O)Cc1ccccc1Cl. The van der Waals surface area contributed by atoms with Crippen LogP contribution in [-0.2, 0) is 22.4 Å². The van der Waals surface area contributed by atoms with Crippen LogP contribution in [0.4, 0.5) is 5.69 Å². The van der Waals surface area contributed by atoms with Gasteiger partial charge in [-0.3, -0.25) is 9.59 Å². The van der Waals surface area contributed by atoms with Gasteiger partial charge in [-0.2, -0.15) is 0 Å². The fourth-order valence-electron chi connectivity index (χ4n) is 2.38. The first-order valence-corrected chi connectivity index (χ1v) is 8.24. The van der Waals surface area contributed by atoms with Gasteiger partial charge in [-0.25, -0.2) is 0 Å². The highest BCUT2D eigenvalue weighted by molar-refractivity contribution is 6.31. The van der Waals surface area contributed by atoms with E-state index in [-0.39, 0.29) is 24.8 Å². The molecule has 0 atom stereocenters. The van der Waals surface area contributed by atoms with Gasteiger partial charge in [0.2, 0.25) is 11.8 Å². The van der Waals surface area contributed by atoms with Gasteiger partial charge in [0.05, 0.1) is 13.0 Å². The van der Waals surface area contributed by atoms with Gasteiger partial charge in [-0.05, 0) is 29.7 Å². The normalized spacial score (nSPS) is 10.3. The van der Waals surface area contributed by atoms with Crippen molar-refractivity contribution in [1.29, 1.82) is 0 Å². The number of likely N-dealkylation sites (N-methyl/N-ethyl adjacent to an activating group) is 1. The maximum absolute atomic E-state index is 12.3. The van der Waals surface area contributed by atoms with Crippen molar-refractivity contribution in [2.24, 2.45) is 0 Å². The van der Waals surface area contributed by atoms with Crippen LogP contribution in [0.15, 0.2) is 48.5 Å². The number of nitrogens with one attached hydrogen (secondary N) is 1. The summed E-state index contributed by atoms with van der Waals surface area (Å²) >= 11 is 6.07. The number of rotatable bonds is 6. The average molecular weight is 345 g/mol. The Morgan fingerprint density at radius 1 is 1.04 bits per heavy atom. The zero-order valence-electron chi connectivity index (χ0n) is 13.9. The lowest BCUT2D eigenvalue weighted by Crippen LogP contribution is -2.36. The van der Waals surface area contributed by atoms with Crippen molar-refractivity contribution < 1.29 is 9.59 Å². The number of carbonyl (C=O) groups is 2. The van der Waals surface area contributed by atoms with Crippen LogP contribution in [0.2, 0.25) is 5.02 Å². The number of hydrogen-bond acceptors (Lipinski definition) is 2. The van der Waals surface area contributed by atoms with Gasteiger partial charge >= 0.3 is 0 Å². The van der Waals surface area contributed by atoms with Crippen LogP contribution in [0.25, 0.3) is 0 Å². The summed E-state index contributed by atoms with van der Waals surface area (Å²) in [6, 6.07) is 14.9. The topological polar surface area (TPSA) is 49.4 Å². The summed E-state index contributed by atoms with van der Waals surface area (Å²) in [5, 5.41) is 3.42. The summed E-state index contributed by atoms with van der Waals surface area (Å²) in [5.74, 6) is -0.368. The number of anilines is 1. The largest absolute Gasteiger partial charge is 0.336 e. The van der Waals surface area contributed by atoms with E-state index in [2.05, 4.69) is 5.32 Å². The summed E-state index contributed by atoms with van der Waals surface area (Å²) in [7, 11) is 1.62. The molecule has 2 amide bonds. The third-order valence-corrected chi connectivity index (χ3v) is 4.15. The van der Waals surface area contributed by atoms with Crippen molar-refractivity contribution in [2.75, 3.05) is 18.9 Å². The molecule has 0 aliphatic carbocycles. The number of carbonyl (C=O) groups excluding carboxylic acids is 2. The molecule has 1 N–H and O–H groups in total. The van der Waals surface area contributed by atoms with Gasteiger partial charge in [0, 0.05) is 17.8 Å². The third-order valence-electron chi connectivity index (χ3n) is 3.78. The minimum absolute atomic E-state index is 0.00132. The number of amides is 2. The summed E-state index contributed by atoms with van der Waals surface area (Å²) in [6.07, 6.45) is 1.01. The van der Waals surface area contributed by atoms with E-state index in [0.717, 1.165) is 23.2 Å². The van der Waals surface area contributed by atoms with E-state index in [4.69, 9.17) is 11.6 Å². The number of benzene rings is 2. The van der Waals surface area contributed by atoms with Crippen molar-refractivity contribution in [2.45, 2.75) is 19.8 Å². The Kier molecular flexibility index (Phi) is 6.38. The molecule has 2 aromatic rings. The van der Waals surface area contributed by atoms with Gasteiger partial charge < -0.3 is 10.2 Å². The molecule has 0 aliphatic heterocycles. The minimum Gasteiger partial charge on any atom is -0.336 e. The van der Waals surface area contributed by atoms with Crippen molar-refractivity contribution in [3.63, 3.8) is 0 Å².